The average Bonchev–Trinajstić information content (AvgIpc) is 2.39. The van der Waals surface area contributed by atoms with Gasteiger partial charge in [-0.05, 0) is 30.5 Å². The summed E-state index contributed by atoms with van der Waals surface area (Å²) in [6, 6.07) is 4.90. The minimum absolute atomic E-state index is 0.0486. The van der Waals surface area contributed by atoms with Crippen molar-refractivity contribution in [1.82, 2.24) is 5.32 Å². The molecule has 20 heavy (non-hydrogen) atoms. The molecule has 0 heterocycles. The van der Waals surface area contributed by atoms with Crippen molar-refractivity contribution in [2.75, 3.05) is 11.9 Å². The molecule has 0 aliphatic rings. The van der Waals surface area contributed by atoms with E-state index in [-0.39, 0.29) is 18.4 Å². The third kappa shape index (κ3) is 5.09. The molecule has 0 aromatic heterocycles. The Hall–Kier alpha value is -1.75. The van der Waals surface area contributed by atoms with Crippen LogP contribution in [0.25, 0.3) is 0 Å². The van der Waals surface area contributed by atoms with Gasteiger partial charge in [-0.25, -0.2) is 4.79 Å². The fourth-order valence-corrected chi connectivity index (χ4v) is 1.93. The zero-order chi connectivity index (χ0) is 15.1. The molecule has 110 valence electrons. The molecular formula is C14H19ClN2O3. The number of benzene rings is 1. The molecule has 0 aliphatic heterocycles. The molecule has 1 aromatic carbocycles. The Bertz CT molecular complexity index is 491. The molecular weight excluding hydrogens is 280 g/mol. The van der Waals surface area contributed by atoms with Crippen molar-refractivity contribution in [2.24, 2.45) is 5.92 Å². The van der Waals surface area contributed by atoms with Crippen LogP contribution < -0.4 is 10.6 Å². The standard InChI is InChI=1S/C14H19ClN2O3/c1-3-10(7-13(18)19)8-16-14(20)17-12-6-4-5-11(15)9(12)2/h4-6,10H,3,7-8H2,1-2H3,(H,18,19)(H2,16,17,20). The Kier molecular flexibility index (Phi) is 6.31. The van der Waals surface area contributed by atoms with Gasteiger partial charge in [0.05, 0.1) is 0 Å². The van der Waals surface area contributed by atoms with E-state index in [1.807, 2.05) is 13.8 Å². The summed E-state index contributed by atoms with van der Waals surface area (Å²) in [5.41, 5.74) is 1.43. The number of rotatable bonds is 6. The second kappa shape index (κ2) is 7.75. The molecule has 1 atom stereocenters. The molecule has 0 saturated heterocycles. The van der Waals surface area contributed by atoms with Crippen LogP contribution in [0.15, 0.2) is 18.2 Å². The summed E-state index contributed by atoms with van der Waals surface area (Å²) < 4.78 is 0. The van der Waals surface area contributed by atoms with Gasteiger partial charge in [-0.3, -0.25) is 4.79 Å². The zero-order valence-corrected chi connectivity index (χ0v) is 12.3. The summed E-state index contributed by atoms with van der Waals surface area (Å²) in [5, 5.41) is 14.7. The van der Waals surface area contributed by atoms with E-state index in [9.17, 15) is 9.59 Å². The highest BCUT2D eigenvalue weighted by atomic mass is 35.5. The summed E-state index contributed by atoms with van der Waals surface area (Å²) in [7, 11) is 0. The molecule has 0 spiro atoms. The van der Waals surface area contributed by atoms with Crippen molar-refractivity contribution >= 4 is 29.3 Å². The number of carbonyl (C=O) groups excluding carboxylic acids is 1. The van der Waals surface area contributed by atoms with Crippen molar-refractivity contribution in [3.8, 4) is 0 Å². The number of amides is 2. The van der Waals surface area contributed by atoms with Gasteiger partial charge in [-0.1, -0.05) is 31.0 Å². The predicted octanol–water partition coefficient (Wildman–Crippen LogP) is 3.27. The van der Waals surface area contributed by atoms with Gasteiger partial charge in [0.1, 0.15) is 0 Å². The van der Waals surface area contributed by atoms with E-state index >= 15 is 0 Å². The van der Waals surface area contributed by atoms with Crippen molar-refractivity contribution < 1.29 is 14.7 Å². The van der Waals surface area contributed by atoms with Crippen molar-refractivity contribution in [3.63, 3.8) is 0 Å². The fraction of sp³-hybridized carbons (Fsp3) is 0.429. The molecule has 6 heteroatoms. The Labute approximate surface area is 123 Å². The maximum absolute atomic E-state index is 11.8. The quantitative estimate of drug-likeness (QED) is 0.754. The maximum atomic E-state index is 11.8. The first-order chi connectivity index (χ1) is 9.43. The molecule has 0 radical (unpaired) electrons. The highest BCUT2D eigenvalue weighted by Crippen LogP contribution is 2.22. The van der Waals surface area contributed by atoms with Crippen LogP contribution in [0, 0.1) is 12.8 Å². The van der Waals surface area contributed by atoms with Crippen LogP contribution in [0.1, 0.15) is 25.3 Å². The highest BCUT2D eigenvalue weighted by molar-refractivity contribution is 6.31. The van der Waals surface area contributed by atoms with E-state index in [1.165, 1.54) is 0 Å². The second-order valence-corrected chi connectivity index (χ2v) is 5.03. The first-order valence-corrected chi connectivity index (χ1v) is 6.83. The van der Waals surface area contributed by atoms with Crippen LogP contribution >= 0.6 is 11.6 Å². The van der Waals surface area contributed by atoms with Gasteiger partial charge in [0, 0.05) is 23.7 Å². The monoisotopic (exact) mass is 298 g/mol. The molecule has 0 bridgehead atoms. The van der Waals surface area contributed by atoms with E-state index in [2.05, 4.69) is 10.6 Å². The minimum Gasteiger partial charge on any atom is -0.481 e. The van der Waals surface area contributed by atoms with Crippen LogP contribution in [0.4, 0.5) is 10.5 Å². The van der Waals surface area contributed by atoms with Gasteiger partial charge >= 0.3 is 12.0 Å². The molecule has 1 aromatic rings. The molecule has 0 saturated carbocycles. The molecule has 5 nitrogen and oxygen atoms in total. The molecule has 0 aliphatic carbocycles. The molecule has 0 fully saturated rings. The lowest BCUT2D eigenvalue weighted by atomic mass is 10.0. The van der Waals surface area contributed by atoms with Gasteiger partial charge in [0.15, 0.2) is 0 Å². The molecule has 1 rings (SSSR count). The first kappa shape index (κ1) is 16.3. The number of hydrogen-bond donors (Lipinski definition) is 3. The van der Waals surface area contributed by atoms with Crippen LogP contribution in [0.3, 0.4) is 0 Å². The van der Waals surface area contributed by atoms with Gasteiger partial charge in [0.2, 0.25) is 0 Å². The SMILES string of the molecule is CCC(CNC(=O)Nc1cccc(Cl)c1C)CC(=O)O. The zero-order valence-electron chi connectivity index (χ0n) is 11.6. The molecule has 3 N–H and O–H groups in total. The van der Waals surface area contributed by atoms with Crippen molar-refractivity contribution in [1.29, 1.82) is 0 Å². The normalized spacial score (nSPS) is 11.8. The van der Waals surface area contributed by atoms with Crippen molar-refractivity contribution in [3.05, 3.63) is 28.8 Å². The number of aliphatic carboxylic acids is 1. The lowest BCUT2D eigenvalue weighted by Gasteiger charge is -2.15. The van der Waals surface area contributed by atoms with E-state index in [0.29, 0.717) is 23.7 Å². The Morgan fingerprint density at radius 2 is 2.10 bits per heavy atom. The van der Waals surface area contributed by atoms with Crippen molar-refractivity contribution in [2.45, 2.75) is 26.7 Å². The number of carbonyl (C=O) groups is 2. The van der Waals surface area contributed by atoms with Gasteiger partial charge in [0.25, 0.3) is 0 Å². The Morgan fingerprint density at radius 3 is 2.70 bits per heavy atom. The third-order valence-corrected chi connectivity index (χ3v) is 3.52. The minimum atomic E-state index is -0.857. The molecule has 1 unspecified atom stereocenters. The van der Waals surface area contributed by atoms with E-state index in [4.69, 9.17) is 16.7 Å². The lowest BCUT2D eigenvalue weighted by Crippen LogP contribution is -2.33. The van der Waals surface area contributed by atoms with Gasteiger partial charge in [-0.15, -0.1) is 0 Å². The summed E-state index contributed by atoms with van der Waals surface area (Å²) in [6.45, 7) is 4.04. The van der Waals surface area contributed by atoms with Crippen LogP contribution in [0.5, 0.6) is 0 Å². The maximum Gasteiger partial charge on any atom is 0.319 e. The number of nitrogens with one attached hydrogen (secondary N) is 2. The topological polar surface area (TPSA) is 78.4 Å². The summed E-state index contributed by atoms with van der Waals surface area (Å²) in [4.78, 5) is 22.4. The number of anilines is 1. The van der Waals surface area contributed by atoms with Crippen LogP contribution in [0.2, 0.25) is 5.02 Å². The Balaban J connectivity index is 2.51. The predicted molar refractivity (Wildman–Crippen MR) is 79.2 cm³/mol. The number of carboxylic acid groups (broad SMARTS) is 1. The molecule has 2 amide bonds. The van der Waals surface area contributed by atoms with E-state index in [1.54, 1.807) is 18.2 Å². The van der Waals surface area contributed by atoms with Gasteiger partial charge in [-0.2, -0.15) is 0 Å². The average molecular weight is 299 g/mol. The Morgan fingerprint density at radius 1 is 1.40 bits per heavy atom. The highest BCUT2D eigenvalue weighted by Gasteiger charge is 2.13. The lowest BCUT2D eigenvalue weighted by molar-refractivity contribution is -0.138. The largest absolute Gasteiger partial charge is 0.481 e. The first-order valence-electron chi connectivity index (χ1n) is 6.45. The summed E-state index contributed by atoms with van der Waals surface area (Å²) in [5.74, 6) is -0.927. The van der Waals surface area contributed by atoms with Crippen LogP contribution in [-0.2, 0) is 4.79 Å². The number of halogens is 1. The second-order valence-electron chi connectivity index (χ2n) is 4.62. The number of urea groups is 1. The number of hydrogen-bond acceptors (Lipinski definition) is 2. The third-order valence-electron chi connectivity index (χ3n) is 3.11. The summed E-state index contributed by atoms with van der Waals surface area (Å²) >= 11 is 5.97. The summed E-state index contributed by atoms with van der Waals surface area (Å²) in [6.07, 6.45) is 0.746. The van der Waals surface area contributed by atoms with Crippen LogP contribution in [-0.4, -0.2) is 23.7 Å². The smallest absolute Gasteiger partial charge is 0.319 e. The van der Waals surface area contributed by atoms with Gasteiger partial charge < -0.3 is 15.7 Å². The van der Waals surface area contributed by atoms with E-state index in [0.717, 1.165) is 5.56 Å². The number of carboxylic acids is 1. The van der Waals surface area contributed by atoms with E-state index < -0.39 is 5.97 Å². The fourth-order valence-electron chi connectivity index (χ4n) is 1.75.